The minimum Gasteiger partial charge on any atom is -0.494 e. The monoisotopic (exact) mass is 489 g/mol. The molecule has 0 aliphatic heterocycles. The zero-order valence-corrected chi connectivity index (χ0v) is 22.1. The maximum Gasteiger partial charge on any atom is 0.266 e. The fourth-order valence-corrected chi connectivity index (χ4v) is 5.37. The van der Waals surface area contributed by atoms with Gasteiger partial charge in [0, 0.05) is 12.5 Å². The van der Waals surface area contributed by atoms with E-state index in [2.05, 4.69) is 20.8 Å². The second-order valence-electron chi connectivity index (χ2n) is 10.2. The van der Waals surface area contributed by atoms with Crippen molar-refractivity contribution in [3.8, 4) is 11.4 Å². The zero-order chi connectivity index (χ0) is 25.7. The van der Waals surface area contributed by atoms with E-state index in [1.807, 2.05) is 60.4 Å². The van der Waals surface area contributed by atoms with E-state index in [1.54, 1.807) is 4.57 Å². The molecule has 192 valence electrons. The lowest BCUT2D eigenvalue weighted by atomic mass is 9.87. The molecule has 1 aliphatic rings. The number of benzene rings is 2. The maximum absolute atomic E-state index is 13.9. The van der Waals surface area contributed by atoms with Crippen LogP contribution in [0, 0.1) is 11.8 Å². The minimum absolute atomic E-state index is 0.0534. The van der Waals surface area contributed by atoms with Gasteiger partial charge >= 0.3 is 0 Å². The number of hydrogen-bond donors (Lipinski definition) is 0. The minimum atomic E-state index is -0.300. The van der Waals surface area contributed by atoms with E-state index in [9.17, 15) is 9.59 Å². The van der Waals surface area contributed by atoms with Gasteiger partial charge in [0.2, 0.25) is 5.91 Å². The Hall–Kier alpha value is -3.15. The number of carbonyl (C=O) groups is 1. The molecule has 0 saturated heterocycles. The fraction of sp³-hybridized carbons (Fsp3) is 0.500. The van der Waals surface area contributed by atoms with Gasteiger partial charge in [-0.1, -0.05) is 52.2 Å². The standard InChI is InChI=1S/C30H39N3O3/c1-5-27(32(20-21(3)4)29(34)22-12-8-7-9-13-22)28-31-26-15-11-10-14-25(26)30(35)33(28)23-16-18-24(19-17-23)36-6-2/h10-11,14-19,21-22,27H,5-9,12-13,20H2,1-4H3. The van der Waals surface area contributed by atoms with E-state index in [0.717, 1.165) is 37.1 Å². The molecule has 0 bridgehead atoms. The highest BCUT2D eigenvalue weighted by atomic mass is 16.5. The fourth-order valence-electron chi connectivity index (χ4n) is 5.37. The number of para-hydroxylation sites is 1. The molecule has 2 aromatic carbocycles. The SMILES string of the molecule is CCOc1ccc(-n2c(C(CC)N(CC(C)C)C(=O)C3CCCCC3)nc3ccccc3c2=O)cc1. The number of nitrogens with zero attached hydrogens (tertiary/aromatic N) is 3. The van der Waals surface area contributed by atoms with Gasteiger partial charge in [-0.2, -0.15) is 0 Å². The van der Waals surface area contributed by atoms with Gasteiger partial charge in [-0.05, 0) is 68.5 Å². The molecule has 1 heterocycles. The third kappa shape index (κ3) is 5.48. The number of hydrogen-bond acceptors (Lipinski definition) is 4. The number of fused-ring (bicyclic) bond motifs is 1. The molecule has 6 heteroatoms. The molecule has 0 radical (unpaired) electrons. The first-order chi connectivity index (χ1) is 17.4. The number of carbonyl (C=O) groups excluding carboxylic acids is 1. The van der Waals surface area contributed by atoms with E-state index in [-0.39, 0.29) is 23.4 Å². The molecule has 6 nitrogen and oxygen atoms in total. The van der Waals surface area contributed by atoms with Gasteiger partial charge < -0.3 is 9.64 Å². The molecule has 4 rings (SSSR count). The first-order valence-electron chi connectivity index (χ1n) is 13.5. The molecule has 1 amide bonds. The summed E-state index contributed by atoms with van der Waals surface area (Å²) in [5.74, 6) is 1.94. The quantitative estimate of drug-likeness (QED) is 0.354. The Morgan fingerprint density at radius 1 is 1.06 bits per heavy atom. The lowest BCUT2D eigenvalue weighted by molar-refractivity contribution is -0.140. The van der Waals surface area contributed by atoms with Gasteiger partial charge in [0.25, 0.3) is 5.56 Å². The highest BCUT2D eigenvalue weighted by Crippen LogP contribution is 2.32. The molecule has 3 aromatic rings. The van der Waals surface area contributed by atoms with Crippen LogP contribution in [0.25, 0.3) is 16.6 Å². The zero-order valence-electron chi connectivity index (χ0n) is 22.1. The van der Waals surface area contributed by atoms with Crippen molar-refractivity contribution in [2.75, 3.05) is 13.2 Å². The van der Waals surface area contributed by atoms with Crippen LogP contribution in [0.2, 0.25) is 0 Å². The summed E-state index contributed by atoms with van der Waals surface area (Å²) in [7, 11) is 0. The van der Waals surface area contributed by atoms with Crippen molar-refractivity contribution in [1.82, 2.24) is 14.5 Å². The summed E-state index contributed by atoms with van der Waals surface area (Å²) < 4.78 is 7.32. The van der Waals surface area contributed by atoms with E-state index in [1.165, 1.54) is 6.42 Å². The van der Waals surface area contributed by atoms with Crippen LogP contribution in [0.3, 0.4) is 0 Å². The largest absolute Gasteiger partial charge is 0.494 e. The number of rotatable bonds is 9. The third-order valence-corrected chi connectivity index (χ3v) is 7.07. The Kier molecular flexibility index (Phi) is 8.44. The van der Waals surface area contributed by atoms with Crippen molar-refractivity contribution < 1.29 is 9.53 Å². The van der Waals surface area contributed by atoms with Gasteiger partial charge in [0.05, 0.1) is 29.2 Å². The van der Waals surface area contributed by atoms with E-state index < -0.39 is 0 Å². The summed E-state index contributed by atoms with van der Waals surface area (Å²) in [5.41, 5.74) is 1.27. The predicted octanol–water partition coefficient (Wildman–Crippen LogP) is 6.30. The third-order valence-electron chi connectivity index (χ3n) is 7.07. The van der Waals surface area contributed by atoms with Crippen LogP contribution in [0.15, 0.2) is 53.3 Å². The molecule has 1 saturated carbocycles. The Balaban J connectivity index is 1.88. The van der Waals surface area contributed by atoms with Gasteiger partial charge in [-0.3, -0.25) is 14.2 Å². The molecule has 0 spiro atoms. The van der Waals surface area contributed by atoms with Crippen LogP contribution in [0.4, 0.5) is 0 Å². The topological polar surface area (TPSA) is 64.4 Å². The van der Waals surface area contributed by atoms with Gasteiger partial charge in [-0.15, -0.1) is 0 Å². The average molecular weight is 490 g/mol. The summed E-state index contributed by atoms with van der Waals surface area (Å²) >= 11 is 0. The Labute approximate surface area is 214 Å². The van der Waals surface area contributed by atoms with Crippen LogP contribution < -0.4 is 10.3 Å². The summed E-state index contributed by atoms with van der Waals surface area (Å²) in [6, 6.07) is 14.7. The second-order valence-corrected chi connectivity index (χ2v) is 10.2. The maximum atomic E-state index is 13.9. The van der Waals surface area contributed by atoms with Crippen molar-refractivity contribution >= 4 is 16.8 Å². The first kappa shape index (κ1) is 25.9. The van der Waals surface area contributed by atoms with Crippen molar-refractivity contribution in [2.45, 2.75) is 72.3 Å². The van der Waals surface area contributed by atoms with Crippen molar-refractivity contribution in [3.63, 3.8) is 0 Å². The summed E-state index contributed by atoms with van der Waals surface area (Å²) in [6.07, 6.45) is 5.98. The van der Waals surface area contributed by atoms with Gasteiger partial charge in [0.1, 0.15) is 11.6 Å². The normalized spacial score (nSPS) is 15.2. The Bertz CT molecular complexity index is 1230. The second kappa shape index (κ2) is 11.7. The lowest BCUT2D eigenvalue weighted by Gasteiger charge is -2.36. The molecule has 1 unspecified atom stereocenters. The first-order valence-corrected chi connectivity index (χ1v) is 13.5. The summed E-state index contributed by atoms with van der Waals surface area (Å²) in [5, 5.41) is 0.569. The highest BCUT2D eigenvalue weighted by molar-refractivity contribution is 5.80. The molecular formula is C30H39N3O3. The summed E-state index contributed by atoms with van der Waals surface area (Å²) in [4.78, 5) is 34.9. The highest BCUT2D eigenvalue weighted by Gasteiger charge is 2.33. The van der Waals surface area contributed by atoms with E-state index in [0.29, 0.717) is 42.2 Å². The number of ether oxygens (including phenoxy) is 1. The van der Waals surface area contributed by atoms with Crippen LogP contribution in [-0.4, -0.2) is 33.5 Å². The number of amides is 1. The molecular weight excluding hydrogens is 450 g/mol. The van der Waals surface area contributed by atoms with Crippen LogP contribution in [0.5, 0.6) is 5.75 Å². The van der Waals surface area contributed by atoms with E-state index in [4.69, 9.17) is 9.72 Å². The average Bonchev–Trinajstić information content (AvgIpc) is 2.89. The van der Waals surface area contributed by atoms with Crippen LogP contribution in [0.1, 0.15) is 78.1 Å². The molecule has 36 heavy (non-hydrogen) atoms. The Morgan fingerprint density at radius 3 is 2.39 bits per heavy atom. The number of aromatic nitrogens is 2. The van der Waals surface area contributed by atoms with E-state index >= 15 is 0 Å². The van der Waals surface area contributed by atoms with Crippen LogP contribution in [-0.2, 0) is 4.79 Å². The van der Waals surface area contributed by atoms with Crippen molar-refractivity contribution in [3.05, 3.63) is 64.7 Å². The van der Waals surface area contributed by atoms with Gasteiger partial charge in [-0.25, -0.2) is 4.98 Å². The van der Waals surface area contributed by atoms with Gasteiger partial charge in [0.15, 0.2) is 0 Å². The molecule has 1 aliphatic carbocycles. The predicted molar refractivity (Wildman–Crippen MR) is 145 cm³/mol. The summed E-state index contributed by atoms with van der Waals surface area (Å²) in [6.45, 7) is 9.52. The Morgan fingerprint density at radius 2 is 1.75 bits per heavy atom. The molecule has 0 N–H and O–H groups in total. The molecule has 1 fully saturated rings. The van der Waals surface area contributed by atoms with Crippen molar-refractivity contribution in [1.29, 1.82) is 0 Å². The van der Waals surface area contributed by atoms with Crippen molar-refractivity contribution in [2.24, 2.45) is 11.8 Å². The molecule has 1 atom stereocenters. The van der Waals surface area contributed by atoms with Crippen LogP contribution >= 0.6 is 0 Å². The smallest absolute Gasteiger partial charge is 0.266 e. The lowest BCUT2D eigenvalue weighted by Crippen LogP contribution is -2.43. The molecule has 1 aromatic heterocycles.